The number of hydrogen-bond donors (Lipinski definition) is 0. The first-order chi connectivity index (χ1) is 6.33. The van der Waals surface area contributed by atoms with Gasteiger partial charge in [-0.2, -0.15) is 0 Å². The zero-order valence-corrected chi connectivity index (χ0v) is 7.64. The van der Waals surface area contributed by atoms with Crippen LogP contribution in [0.25, 0.3) is 0 Å². The van der Waals surface area contributed by atoms with Gasteiger partial charge in [0.05, 0.1) is 0 Å². The van der Waals surface area contributed by atoms with Gasteiger partial charge in [-0.15, -0.1) is 0 Å². The van der Waals surface area contributed by atoms with Crippen molar-refractivity contribution in [3.8, 4) is 0 Å². The molecule has 3 heteroatoms. The number of carbonyl (C=O) groups excluding carboxylic acids is 1. The molecule has 0 aliphatic rings. The summed E-state index contributed by atoms with van der Waals surface area (Å²) in [6.45, 7) is 2.53. The quantitative estimate of drug-likeness (QED) is 0.519. The molecule has 70 valence electrons. The van der Waals surface area contributed by atoms with Crippen LogP contribution in [0, 0.1) is 0 Å². The van der Waals surface area contributed by atoms with Crippen molar-refractivity contribution < 1.29 is 9.53 Å². The van der Waals surface area contributed by atoms with Gasteiger partial charge >= 0.3 is 5.97 Å². The third-order valence-electron chi connectivity index (χ3n) is 1.55. The van der Waals surface area contributed by atoms with E-state index in [9.17, 15) is 4.79 Å². The molecule has 0 spiro atoms. The van der Waals surface area contributed by atoms with Crippen molar-refractivity contribution in [2.45, 2.75) is 13.5 Å². The lowest BCUT2D eigenvalue weighted by Gasteiger charge is -2.02. The second-order valence-corrected chi connectivity index (χ2v) is 2.61. The number of esters is 1. The molecular weight excluding hydrogens is 166 g/mol. The van der Waals surface area contributed by atoms with E-state index in [0.29, 0.717) is 6.61 Å². The van der Waals surface area contributed by atoms with Crippen LogP contribution in [-0.4, -0.2) is 17.1 Å². The fraction of sp³-hybridized carbons (Fsp3) is 0.300. The first-order valence-corrected chi connectivity index (χ1v) is 4.20. The largest absolute Gasteiger partial charge is 0.460 e. The molecule has 0 amide bonds. The highest BCUT2D eigenvalue weighted by Gasteiger charge is 2.00. The molecule has 0 atom stereocenters. The van der Waals surface area contributed by atoms with E-state index < -0.39 is 0 Å². The summed E-state index contributed by atoms with van der Waals surface area (Å²) in [6, 6.07) is 3.75. The van der Waals surface area contributed by atoms with E-state index in [1.54, 1.807) is 10.6 Å². The number of aromatic nitrogens is 1. The first kappa shape index (κ1) is 9.58. The summed E-state index contributed by atoms with van der Waals surface area (Å²) in [4.78, 5) is 11.1. The van der Waals surface area contributed by atoms with E-state index in [4.69, 9.17) is 4.74 Å². The van der Waals surface area contributed by atoms with Crippen LogP contribution in [0.15, 0.2) is 36.7 Å². The molecule has 13 heavy (non-hydrogen) atoms. The molecule has 0 bridgehead atoms. The van der Waals surface area contributed by atoms with Gasteiger partial charge in [-0.05, 0) is 19.1 Å². The first-order valence-electron chi connectivity index (χ1n) is 4.20. The summed E-state index contributed by atoms with van der Waals surface area (Å²) in [5.41, 5.74) is 0. The number of carbonyl (C=O) groups is 1. The number of ether oxygens (including phenoxy) is 1. The van der Waals surface area contributed by atoms with Gasteiger partial charge < -0.3 is 9.30 Å². The lowest BCUT2D eigenvalue weighted by atomic mass is 10.5. The van der Waals surface area contributed by atoms with Crippen molar-refractivity contribution >= 4 is 5.97 Å². The highest BCUT2D eigenvalue weighted by Crippen LogP contribution is 1.91. The molecule has 0 unspecified atom stereocenters. The number of rotatable bonds is 4. The molecule has 0 radical (unpaired) electrons. The second-order valence-electron chi connectivity index (χ2n) is 2.61. The Bertz CT molecular complexity index is 275. The van der Waals surface area contributed by atoms with E-state index in [0.717, 1.165) is 0 Å². The third kappa shape index (κ3) is 3.60. The molecule has 0 fully saturated rings. The van der Waals surface area contributed by atoms with E-state index in [2.05, 4.69) is 0 Å². The average molecular weight is 179 g/mol. The molecule has 3 nitrogen and oxygen atoms in total. The molecule has 0 aromatic carbocycles. The van der Waals surface area contributed by atoms with Crippen molar-refractivity contribution in [2.75, 3.05) is 6.61 Å². The summed E-state index contributed by atoms with van der Waals surface area (Å²) in [5, 5.41) is 0. The predicted molar refractivity (Wildman–Crippen MR) is 50.2 cm³/mol. The summed E-state index contributed by atoms with van der Waals surface area (Å²) >= 11 is 0. The molecule has 0 saturated heterocycles. The van der Waals surface area contributed by atoms with E-state index in [-0.39, 0.29) is 12.5 Å². The molecule has 1 aromatic heterocycles. The number of hydrogen-bond acceptors (Lipinski definition) is 2. The van der Waals surface area contributed by atoms with Gasteiger partial charge in [0, 0.05) is 12.4 Å². The Morgan fingerprint density at radius 1 is 1.46 bits per heavy atom. The minimum absolute atomic E-state index is 0.214. The molecular formula is C10H13NO2. The Kier molecular flexibility index (Phi) is 3.82. The normalized spacial score (nSPS) is 10.5. The van der Waals surface area contributed by atoms with Crippen LogP contribution in [0.2, 0.25) is 0 Å². The molecule has 1 aromatic rings. The Hall–Kier alpha value is -1.51. The summed E-state index contributed by atoms with van der Waals surface area (Å²) in [6.07, 6.45) is 7.31. The second kappa shape index (κ2) is 5.19. The Balaban J connectivity index is 2.26. The lowest BCUT2D eigenvalue weighted by molar-refractivity contribution is -0.143. The van der Waals surface area contributed by atoms with Crippen molar-refractivity contribution in [3.63, 3.8) is 0 Å². The van der Waals surface area contributed by atoms with Crippen LogP contribution in [0.5, 0.6) is 0 Å². The summed E-state index contributed by atoms with van der Waals surface area (Å²) in [7, 11) is 0. The number of allylic oxidation sites excluding steroid dienone is 1. The van der Waals surface area contributed by atoms with E-state index in [1.807, 2.05) is 37.5 Å². The smallest absolute Gasteiger partial charge is 0.326 e. The minimum Gasteiger partial charge on any atom is -0.460 e. The molecule has 0 saturated carbocycles. The Labute approximate surface area is 77.6 Å². The zero-order chi connectivity index (χ0) is 9.52. The fourth-order valence-corrected chi connectivity index (χ4v) is 0.908. The highest BCUT2D eigenvalue weighted by atomic mass is 16.5. The molecule has 0 N–H and O–H groups in total. The van der Waals surface area contributed by atoms with Crippen LogP contribution in [0.3, 0.4) is 0 Å². The monoisotopic (exact) mass is 179 g/mol. The van der Waals surface area contributed by atoms with E-state index >= 15 is 0 Å². The van der Waals surface area contributed by atoms with Crippen LogP contribution >= 0.6 is 0 Å². The van der Waals surface area contributed by atoms with Gasteiger partial charge in [-0.1, -0.05) is 12.2 Å². The van der Waals surface area contributed by atoms with Gasteiger partial charge in [-0.25, -0.2) is 0 Å². The highest BCUT2D eigenvalue weighted by molar-refractivity contribution is 5.69. The molecule has 1 heterocycles. The predicted octanol–water partition coefficient (Wildman–Crippen LogP) is 1.61. The fourth-order valence-electron chi connectivity index (χ4n) is 0.908. The van der Waals surface area contributed by atoms with Gasteiger partial charge in [0.2, 0.25) is 0 Å². The topological polar surface area (TPSA) is 31.2 Å². The average Bonchev–Trinajstić information content (AvgIpc) is 2.57. The van der Waals surface area contributed by atoms with Crippen molar-refractivity contribution in [1.82, 2.24) is 4.57 Å². The minimum atomic E-state index is -0.214. The maximum atomic E-state index is 11.1. The van der Waals surface area contributed by atoms with Crippen LogP contribution < -0.4 is 0 Å². The Morgan fingerprint density at radius 3 is 2.77 bits per heavy atom. The van der Waals surface area contributed by atoms with Crippen LogP contribution in [0.1, 0.15) is 6.92 Å². The maximum absolute atomic E-state index is 11.1. The summed E-state index contributed by atoms with van der Waals surface area (Å²) < 4.78 is 6.68. The van der Waals surface area contributed by atoms with Gasteiger partial charge in [0.1, 0.15) is 13.2 Å². The van der Waals surface area contributed by atoms with E-state index in [1.165, 1.54) is 0 Å². The van der Waals surface area contributed by atoms with Crippen molar-refractivity contribution in [3.05, 3.63) is 36.7 Å². The van der Waals surface area contributed by atoms with Gasteiger partial charge in [0.25, 0.3) is 0 Å². The number of nitrogens with zero attached hydrogens (tertiary/aromatic N) is 1. The van der Waals surface area contributed by atoms with Crippen LogP contribution in [-0.2, 0) is 16.1 Å². The third-order valence-corrected chi connectivity index (χ3v) is 1.55. The lowest BCUT2D eigenvalue weighted by Crippen LogP contribution is -2.12. The standard InChI is InChI=1S/C10H13NO2/c1-2-3-8-13-10(12)9-11-6-4-5-7-11/h2-7H,8-9H2,1H3/b3-2+. The maximum Gasteiger partial charge on any atom is 0.326 e. The van der Waals surface area contributed by atoms with Gasteiger partial charge in [0.15, 0.2) is 0 Å². The van der Waals surface area contributed by atoms with Gasteiger partial charge in [-0.3, -0.25) is 4.79 Å². The molecule has 0 aliphatic carbocycles. The zero-order valence-electron chi connectivity index (χ0n) is 7.64. The van der Waals surface area contributed by atoms with Crippen molar-refractivity contribution in [1.29, 1.82) is 0 Å². The Morgan fingerprint density at radius 2 is 2.15 bits per heavy atom. The molecule has 0 aliphatic heterocycles. The summed E-state index contributed by atoms with van der Waals surface area (Å²) in [5.74, 6) is -0.214. The van der Waals surface area contributed by atoms with Crippen molar-refractivity contribution in [2.24, 2.45) is 0 Å². The SMILES string of the molecule is C/C=C/COC(=O)Cn1cccc1. The molecule has 1 rings (SSSR count). The van der Waals surface area contributed by atoms with Crippen LogP contribution in [0.4, 0.5) is 0 Å².